The molecule has 4 rings (SSSR count). The van der Waals surface area contributed by atoms with Gasteiger partial charge in [-0.3, -0.25) is 0 Å². The minimum Gasteiger partial charge on any atom is -0.619 e. The number of nitrogens with zero attached hydrogens (tertiary/aromatic N) is 4. The molecule has 4 aromatic rings. The van der Waals surface area contributed by atoms with Crippen LogP contribution in [0.15, 0.2) is 65.5 Å². The van der Waals surface area contributed by atoms with Gasteiger partial charge in [-0.05, 0) is 28.1 Å². The molecule has 0 saturated carbocycles. The van der Waals surface area contributed by atoms with Crippen LogP contribution >= 0.6 is 27.5 Å². The summed E-state index contributed by atoms with van der Waals surface area (Å²) in [6, 6.07) is 13.0. The summed E-state index contributed by atoms with van der Waals surface area (Å²) in [5.74, 6) is 0.747. The van der Waals surface area contributed by atoms with Gasteiger partial charge in [0.05, 0.1) is 16.4 Å². The van der Waals surface area contributed by atoms with Gasteiger partial charge in [-0.25, -0.2) is 4.98 Å². The third kappa shape index (κ3) is 3.23. The average molecular weight is 431 g/mol. The van der Waals surface area contributed by atoms with Crippen molar-refractivity contribution in [2.24, 2.45) is 0 Å². The van der Waals surface area contributed by atoms with E-state index in [0.717, 1.165) is 31.8 Å². The number of aromatic nitrogens is 4. The quantitative estimate of drug-likeness (QED) is 0.392. The fourth-order valence-electron chi connectivity index (χ4n) is 2.67. The van der Waals surface area contributed by atoms with Gasteiger partial charge in [0.25, 0.3) is 0 Å². The van der Waals surface area contributed by atoms with Crippen molar-refractivity contribution in [1.82, 2.24) is 14.6 Å². The molecule has 0 radical (unpaired) electrons. The average Bonchev–Trinajstić information content (AvgIpc) is 3.01. The lowest BCUT2D eigenvalue weighted by Crippen LogP contribution is -2.25. The fraction of sp³-hybridized carbons (Fsp3) is 0.0556. The van der Waals surface area contributed by atoms with Crippen molar-refractivity contribution >= 4 is 39.0 Å². The SMILES string of the molecule is [O-][n+]1cccc(CNc2cc(-c3ccccc3Cl)nc3c(Br)cnn23)c1. The molecule has 0 atom stereocenters. The van der Waals surface area contributed by atoms with Gasteiger partial charge in [0.15, 0.2) is 18.0 Å². The first-order valence-electron chi connectivity index (χ1n) is 7.82. The molecule has 26 heavy (non-hydrogen) atoms. The van der Waals surface area contributed by atoms with Gasteiger partial charge in [-0.15, -0.1) is 0 Å². The Morgan fingerprint density at radius 3 is 2.88 bits per heavy atom. The minimum atomic E-state index is 0.474. The van der Waals surface area contributed by atoms with Crippen LogP contribution in [0.4, 0.5) is 5.82 Å². The van der Waals surface area contributed by atoms with Gasteiger partial charge in [0.2, 0.25) is 0 Å². The highest BCUT2D eigenvalue weighted by Gasteiger charge is 2.13. The summed E-state index contributed by atoms with van der Waals surface area (Å²) in [5.41, 5.74) is 3.11. The Bertz CT molecular complexity index is 1100. The maximum Gasteiger partial charge on any atom is 0.185 e. The number of hydrogen-bond acceptors (Lipinski definition) is 4. The first-order valence-corrected chi connectivity index (χ1v) is 9.00. The van der Waals surface area contributed by atoms with Crippen molar-refractivity contribution in [3.8, 4) is 11.3 Å². The number of hydrogen-bond donors (Lipinski definition) is 1. The molecule has 3 aromatic heterocycles. The monoisotopic (exact) mass is 429 g/mol. The second-order valence-corrected chi connectivity index (χ2v) is 6.92. The summed E-state index contributed by atoms with van der Waals surface area (Å²) >= 11 is 9.81. The maximum absolute atomic E-state index is 11.4. The lowest BCUT2D eigenvalue weighted by Gasteiger charge is -2.11. The van der Waals surface area contributed by atoms with E-state index < -0.39 is 0 Å². The number of rotatable bonds is 4. The van der Waals surface area contributed by atoms with Crippen molar-refractivity contribution in [2.75, 3.05) is 5.32 Å². The molecule has 130 valence electrons. The normalized spacial score (nSPS) is 11.0. The molecule has 0 aliphatic heterocycles. The first kappa shape index (κ1) is 16.8. The molecule has 1 aromatic carbocycles. The lowest BCUT2D eigenvalue weighted by molar-refractivity contribution is -0.605. The predicted octanol–water partition coefficient (Wildman–Crippen LogP) is 4.06. The van der Waals surface area contributed by atoms with E-state index in [0.29, 0.717) is 17.2 Å². The van der Waals surface area contributed by atoms with Crippen molar-refractivity contribution < 1.29 is 4.73 Å². The smallest absolute Gasteiger partial charge is 0.185 e. The van der Waals surface area contributed by atoms with Gasteiger partial charge < -0.3 is 10.5 Å². The molecule has 0 unspecified atom stereocenters. The van der Waals surface area contributed by atoms with E-state index in [-0.39, 0.29) is 0 Å². The topological polar surface area (TPSA) is 69.2 Å². The molecular formula is C18H13BrClN5O. The summed E-state index contributed by atoms with van der Waals surface area (Å²) in [6.45, 7) is 0.474. The van der Waals surface area contributed by atoms with Gasteiger partial charge in [0, 0.05) is 34.8 Å². The van der Waals surface area contributed by atoms with Crippen LogP contribution in [0.2, 0.25) is 5.02 Å². The van der Waals surface area contributed by atoms with Crippen molar-refractivity contribution in [3.63, 3.8) is 0 Å². The summed E-state index contributed by atoms with van der Waals surface area (Å²) < 4.78 is 3.27. The van der Waals surface area contributed by atoms with E-state index in [1.54, 1.807) is 16.8 Å². The standard InChI is InChI=1S/C18H13BrClN5O/c19-14-10-22-25-17(21-9-12-4-3-7-24(26)11-12)8-16(23-18(14)25)13-5-1-2-6-15(13)20/h1-8,10-11,21H,9H2. The number of pyridine rings is 1. The Morgan fingerprint density at radius 1 is 1.23 bits per heavy atom. The van der Waals surface area contributed by atoms with Crippen LogP contribution in [0, 0.1) is 5.21 Å². The molecule has 0 spiro atoms. The largest absolute Gasteiger partial charge is 0.619 e. The number of halogens is 2. The summed E-state index contributed by atoms with van der Waals surface area (Å²) in [7, 11) is 0. The van der Waals surface area contributed by atoms with E-state index >= 15 is 0 Å². The van der Waals surface area contributed by atoms with Crippen LogP contribution in [-0.2, 0) is 6.54 Å². The van der Waals surface area contributed by atoms with Crippen molar-refractivity contribution in [3.05, 3.63) is 81.3 Å². The molecule has 0 saturated heterocycles. The third-order valence-corrected chi connectivity index (χ3v) is 4.78. The highest BCUT2D eigenvalue weighted by molar-refractivity contribution is 9.10. The fourth-order valence-corrected chi connectivity index (χ4v) is 3.25. The molecule has 0 aliphatic rings. The third-order valence-electron chi connectivity index (χ3n) is 3.89. The zero-order valence-corrected chi connectivity index (χ0v) is 15.8. The van der Waals surface area contributed by atoms with Crippen molar-refractivity contribution in [1.29, 1.82) is 0 Å². The van der Waals surface area contributed by atoms with Gasteiger partial charge in [0.1, 0.15) is 5.82 Å². The molecule has 0 amide bonds. The van der Waals surface area contributed by atoms with Crippen LogP contribution in [-0.4, -0.2) is 14.6 Å². The molecule has 0 fully saturated rings. The zero-order valence-electron chi connectivity index (χ0n) is 13.4. The lowest BCUT2D eigenvalue weighted by atomic mass is 10.1. The Hall–Kier alpha value is -2.64. The van der Waals surface area contributed by atoms with Crippen LogP contribution in [0.3, 0.4) is 0 Å². The first-order chi connectivity index (χ1) is 12.6. The van der Waals surface area contributed by atoms with E-state index in [2.05, 4.69) is 31.3 Å². The van der Waals surface area contributed by atoms with Crippen LogP contribution < -0.4 is 10.0 Å². The van der Waals surface area contributed by atoms with Gasteiger partial charge in [-0.1, -0.05) is 29.8 Å². The number of nitrogens with one attached hydrogen (secondary N) is 1. The van der Waals surface area contributed by atoms with E-state index in [1.807, 2.05) is 36.4 Å². The zero-order chi connectivity index (χ0) is 18.1. The highest BCUT2D eigenvalue weighted by atomic mass is 79.9. The van der Waals surface area contributed by atoms with Gasteiger partial charge in [-0.2, -0.15) is 14.3 Å². The molecule has 3 heterocycles. The highest BCUT2D eigenvalue weighted by Crippen LogP contribution is 2.30. The summed E-state index contributed by atoms with van der Waals surface area (Å²) in [4.78, 5) is 4.67. The van der Waals surface area contributed by atoms with E-state index in [9.17, 15) is 5.21 Å². The van der Waals surface area contributed by atoms with Crippen LogP contribution in [0.5, 0.6) is 0 Å². The Balaban J connectivity index is 1.77. The summed E-state index contributed by atoms with van der Waals surface area (Å²) in [5, 5.41) is 19.7. The minimum absolute atomic E-state index is 0.474. The molecule has 1 N–H and O–H groups in total. The number of benzene rings is 1. The Kier molecular flexibility index (Phi) is 4.48. The molecule has 0 bridgehead atoms. The molecule has 8 heteroatoms. The van der Waals surface area contributed by atoms with Gasteiger partial charge >= 0.3 is 0 Å². The molecular weight excluding hydrogens is 418 g/mol. The Labute approximate surface area is 162 Å². The number of anilines is 1. The second-order valence-electron chi connectivity index (χ2n) is 5.66. The van der Waals surface area contributed by atoms with E-state index in [4.69, 9.17) is 11.6 Å². The molecule has 0 aliphatic carbocycles. The number of fused-ring (bicyclic) bond motifs is 1. The Morgan fingerprint density at radius 2 is 2.08 bits per heavy atom. The maximum atomic E-state index is 11.4. The second kappa shape index (κ2) is 6.93. The summed E-state index contributed by atoms with van der Waals surface area (Å²) in [6.07, 6.45) is 4.67. The van der Waals surface area contributed by atoms with Crippen LogP contribution in [0.1, 0.15) is 5.56 Å². The molecule has 6 nitrogen and oxygen atoms in total. The van der Waals surface area contributed by atoms with E-state index in [1.165, 1.54) is 12.4 Å². The predicted molar refractivity (Wildman–Crippen MR) is 104 cm³/mol. The van der Waals surface area contributed by atoms with Crippen molar-refractivity contribution in [2.45, 2.75) is 6.54 Å². The van der Waals surface area contributed by atoms with Crippen LogP contribution in [0.25, 0.3) is 16.9 Å².